The number of hydrogen-bond donors (Lipinski definition) is 1. The second kappa shape index (κ2) is 7.74. The molecule has 0 fully saturated rings. The van der Waals surface area contributed by atoms with Crippen molar-refractivity contribution < 1.29 is 4.39 Å². The van der Waals surface area contributed by atoms with Crippen molar-refractivity contribution in [1.29, 1.82) is 0 Å². The SMILES string of the molecule is Cc1ccc([C@@H](NCCI)[C@@H](F)c2ccccc2)cc1. The lowest BCUT2D eigenvalue weighted by atomic mass is 9.96. The van der Waals surface area contributed by atoms with Gasteiger partial charge in [0.2, 0.25) is 0 Å². The summed E-state index contributed by atoms with van der Waals surface area (Å²) in [5.41, 5.74) is 2.91. The molecule has 0 spiro atoms. The lowest BCUT2D eigenvalue weighted by Crippen LogP contribution is -2.27. The van der Waals surface area contributed by atoms with Crippen molar-refractivity contribution in [1.82, 2.24) is 5.32 Å². The smallest absolute Gasteiger partial charge is 0.144 e. The number of rotatable bonds is 6. The fraction of sp³-hybridized carbons (Fsp3) is 0.294. The molecule has 0 aliphatic carbocycles. The number of benzene rings is 2. The summed E-state index contributed by atoms with van der Waals surface area (Å²) < 4.78 is 15.8. The van der Waals surface area contributed by atoms with Crippen LogP contribution in [0.25, 0.3) is 0 Å². The van der Waals surface area contributed by atoms with Gasteiger partial charge in [0, 0.05) is 11.0 Å². The third-order valence-electron chi connectivity index (χ3n) is 3.31. The summed E-state index contributed by atoms with van der Waals surface area (Å²) in [7, 11) is 0. The van der Waals surface area contributed by atoms with E-state index >= 15 is 0 Å². The molecule has 0 aliphatic rings. The van der Waals surface area contributed by atoms with Crippen LogP contribution in [0.1, 0.15) is 28.9 Å². The Bertz CT molecular complexity index is 512. The maximum absolute atomic E-state index is 14.8. The van der Waals surface area contributed by atoms with Gasteiger partial charge in [-0.1, -0.05) is 82.8 Å². The molecule has 0 amide bonds. The van der Waals surface area contributed by atoms with Crippen LogP contribution in [0.3, 0.4) is 0 Å². The Morgan fingerprint density at radius 3 is 2.25 bits per heavy atom. The van der Waals surface area contributed by atoms with Crippen LogP contribution in [0, 0.1) is 6.92 Å². The van der Waals surface area contributed by atoms with Crippen LogP contribution in [0.4, 0.5) is 4.39 Å². The minimum Gasteiger partial charge on any atom is -0.306 e. The van der Waals surface area contributed by atoms with E-state index in [1.165, 1.54) is 5.56 Å². The maximum Gasteiger partial charge on any atom is 0.144 e. The first kappa shape index (κ1) is 15.4. The maximum atomic E-state index is 14.8. The standard InChI is InChI=1S/C17H19FIN/c1-13-7-9-15(10-8-13)17(20-12-11-19)16(18)14-5-3-2-4-6-14/h2-10,16-17,20H,11-12H2,1H3/t16-,17+/m0/s1. The zero-order valence-corrected chi connectivity index (χ0v) is 13.7. The average Bonchev–Trinajstić information content (AvgIpc) is 2.50. The molecule has 0 heterocycles. The second-order valence-electron chi connectivity index (χ2n) is 4.84. The van der Waals surface area contributed by atoms with Crippen molar-refractivity contribution in [3.05, 3.63) is 71.3 Å². The summed E-state index contributed by atoms with van der Waals surface area (Å²) in [5, 5.41) is 3.32. The van der Waals surface area contributed by atoms with Crippen molar-refractivity contribution >= 4 is 22.6 Å². The van der Waals surface area contributed by atoms with Crippen LogP contribution >= 0.6 is 22.6 Å². The van der Waals surface area contributed by atoms with E-state index in [1.807, 2.05) is 61.5 Å². The molecule has 3 heteroatoms. The molecule has 0 aliphatic heterocycles. The molecule has 2 atom stereocenters. The van der Waals surface area contributed by atoms with Gasteiger partial charge in [-0.25, -0.2) is 4.39 Å². The Labute approximate surface area is 133 Å². The van der Waals surface area contributed by atoms with Gasteiger partial charge in [-0.05, 0) is 18.1 Å². The third kappa shape index (κ3) is 4.03. The van der Waals surface area contributed by atoms with Gasteiger partial charge in [-0.2, -0.15) is 0 Å². The summed E-state index contributed by atoms with van der Waals surface area (Å²) in [6, 6.07) is 17.2. The monoisotopic (exact) mass is 383 g/mol. The Morgan fingerprint density at radius 1 is 1.00 bits per heavy atom. The van der Waals surface area contributed by atoms with Gasteiger partial charge >= 0.3 is 0 Å². The Balaban J connectivity index is 2.25. The molecule has 2 rings (SSSR count). The van der Waals surface area contributed by atoms with Gasteiger partial charge in [0.15, 0.2) is 0 Å². The molecule has 0 saturated heterocycles. The first-order valence-corrected chi connectivity index (χ1v) is 8.30. The summed E-state index contributed by atoms with van der Waals surface area (Å²) in [6.45, 7) is 2.84. The fourth-order valence-electron chi connectivity index (χ4n) is 2.20. The van der Waals surface area contributed by atoms with Crippen LogP contribution < -0.4 is 5.32 Å². The summed E-state index contributed by atoms with van der Waals surface area (Å²) in [6.07, 6.45) is -1.04. The number of nitrogens with one attached hydrogen (secondary N) is 1. The van der Waals surface area contributed by atoms with Gasteiger partial charge in [0.1, 0.15) is 6.17 Å². The fourth-order valence-corrected chi connectivity index (χ4v) is 2.51. The molecule has 2 aromatic rings. The Morgan fingerprint density at radius 2 is 1.65 bits per heavy atom. The minimum absolute atomic E-state index is 0.298. The highest BCUT2D eigenvalue weighted by molar-refractivity contribution is 14.1. The van der Waals surface area contributed by atoms with Crippen molar-refractivity contribution in [2.75, 3.05) is 11.0 Å². The molecule has 106 valence electrons. The van der Waals surface area contributed by atoms with E-state index < -0.39 is 6.17 Å². The van der Waals surface area contributed by atoms with Crippen LogP contribution in [0.15, 0.2) is 54.6 Å². The number of alkyl halides is 2. The molecule has 1 N–H and O–H groups in total. The number of halogens is 2. The number of aryl methyl sites for hydroxylation is 1. The lowest BCUT2D eigenvalue weighted by molar-refractivity contribution is 0.259. The zero-order chi connectivity index (χ0) is 14.4. The molecular formula is C17H19FIN. The Hall–Kier alpha value is -0.940. The van der Waals surface area contributed by atoms with Gasteiger partial charge in [-0.15, -0.1) is 0 Å². The van der Waals surface area contributed by atoms with Crippen LogP contribution in [-0.4, -0.2) is 11.0 Å². The number of hydrogen-bond acceptors (Lipinski definition) is 1. The second-order valence-corrected chi connectivity index (χ2v) is 5.92. The van der Waals surface area contributed by atoms with Gasteiger partial charge < -0.3 is 5.32 Å². The molecular weight excluding hydrogens is 364 g/mol. The molecule has 0 bridgehead atoms. The molecule has 2 aromatic carbocycles. The van der Waals surface area contributed by atoms with E-state index in [9.17, 15) is 4.39 Å². The van der Waals surface area contributed by atoms with Crippen LogP contribution in [0.5, 0.6) is 0 Å². The first-order valence-electron chi connectivity index (χ1n) is 6.77. The zero-order valence-electron chi connectivity index (χ0n) is 11.5. The lowest BCUT2D eigenvalue weighted by Gasteiger charge is -2.23. The normalized spacial score (nSPS) is 13.9. The van der Waals surface area contributed by atoms with Crippen molar-refractivity contribution in [3.63, 3.8) is 0 Å². The third-order valence-corrected chi connectivity index (χ3v) is 3.85. The predicted molar refractivity (Wildman–Crippen MR) is 91.1 cm³/mol. The van der Waals surface area contributed by atoms with Crippen LogP contribution in [-0.2, 0) is 0 Å². The van der Waals surface area contributed by atoms with Crippen molar-refractivity contribution in [2.24, 2.45) is 0 Å². The molecule has 1 nitrogen and oxygen atoms in total. The van der Waals surface area contributed by atoms with E-state index in [1.54, 1.807) is 0 Å². The predicted octanol–water partition coefficient (Wildman–Crippen LogP) is 4.77. The average molecular weight is 383 g/mol. The van der Waals surface area contributed by atoms with E-state index in [0.717, 1.165) is 22.1 Å². The summed E-state index contributed by atoms with van der Waals surface area (Å²) in [4.78, 5) is 0. The first-order chi connectivity index (χ1) is 9.72. The quantitative estimate of drug-likeness (QED) is 0.560. The highest BCUT2D eigenvalue weighted by Crippen LogP contribution is 2.32. The minimum atomic E-state index is -1.04. The van der Waals surface area contributed by atoms with E-state index in [2.05, 4.69) is 27.9 Å². The molecule has 0 radical (unpaired) electrons. The highest BCUT2D eigenvalue weighted by atomic mass is 127. The molecule has 0 aromatic heterocycles. The largest absolute Gasteiger partial charge is 0.306 e. The topological polar surface area (TPSA) is 12.0 Å². The molecule has 0 saturated carbocycles. The summed E-state index contributed by atoms with van der Waals surface area (Å²) in [5.74, 6) is 0. The highest BCUT2D eigenvalue weighted by Gasteiger charge is 2.23. The van der Waals surface area contributed by atoms with Gasteiger partial charge in [0.05, 0.1) is 6.04 Å². The Kier molecular flexibility index (Phi) is 5.98. The molecule has 20 heavy (non-hydrogen) atoms. The van der Waals surface area contributed by atoms with E-state index in [-0.39, 0.29) is 6.04 Å². The van der Waals surface area contributed by atoms with Gasteiger partial charge in [0.25, 0.3) is 0 Å². The van der Waals surface area contributed by atoms with Gasteiger partial charge in [-0.3, -0.25) is 0 Å². The van der Waals surface area contributed by atoms with E-state index in [0.29, 0.717) is 0 Å². The molecule has 0 unspecified atom stereocenters. The van der Waals surface area contributed by atoms with Crippen LogP contribution in [0.2, 0.25) is 0 Å². The van der Waals surface area contributed by atoms with Crippen molar-refractivity contribution in [3.8, 4) is 0 Å². The van der Waals surface area contributed by atoms with Crippen molar-refractivity contribution in [2.45, 2.75) is 19.1 Å². The van der Waals surface area contributed by atoms with E-state index in [4.69, 9.17) is 0 Å². The summed E-state index contributed by atoms with van der Waals surface area (Å²) >= 11 is 2.30.